The first-order valence-corrected chi connectivity index (χ1v) is 6.08. The van der Waals surface area contributed by atoms with Crippen LogP contribution in [0.25, 0.3) is 0 Å². The molecule has 1 aliphatic rings. The average molecular weight is 227 g/mol. The first-order valence-electron chi connectivity index (χ1n) is 6.08. The third-order valence-electron chi connectivity index (χ3n) is 3.34. The summed E-state index contributed by atoms with van der Waals surface area (Å²) in [7, 11) is 1.95. The van der Waals surface area contributed by atoms with Crippen molar-refractivity contribution in [2.24, 2.45) is 11.1 Å². The van der Waals surface area contributed by atoms with Gasteiger partial charge in [-0.15, -0.1) is 0 Å². The van der Waals surface area contributed by atoms with E-state index in [1.54, 1.807) is 0 Å². The zero-order valence-electron chi connectivity index (χ0n) is 10.9. The van der Waals surface area contributed by atoms with Crippen LogP contribution in [-0.4, -0.2) is 43.0 Å². The van der Waals surface area contributed by atoms with E-state index >= 15 is 0 Å². The SMILES string of the molecule is CNC1CCCN(C(=O)[C@@H](N)C(C)(C)C)C1. The van der Waals surface area contributed by atoms with Gasteiger partial charge in [-0.3, -0.25) is 4.79 Å². The van der Waals surface area contributed by atoms with Gasteiger partial charge in [0, 0.05) is 19.1 Å². The fourth-order valence-electron chi connectivity index (χ4n) is 1.98. The van der Waals surface area contributed by atoms with Crippen LogP contribution in [0.1, 0.15) is 33.6 Å². The molecule has 4 nitrogen and oxygen atoms in total. The number of rotatable bonds is 2. The van der Waals surface area contributed by atoms with Crippen LogP contribution < -0.4 is 11.1 Å². The van der Waals surface area contributed by atoms with Crippen molar-refractivity contribution in [2.45, 2.75) is 45.7 Å². The van der Waals surface area contributed by atoms with E-state index in [2.05, 4.69) is 5.32 Å². The third-order valence-corrected chi connectivity index (χ3v) is 3.34. The maximum absolute atomic E-state index is 12.2. The molecule has 1 amide bonds. The molecule has 0 bridgehead atoms. The highest BCUT2D eigenvalue weighted by Gasteiger charge is 2.32. The highest BCUT2D eigenvalue weighted by atomic mass is 16.2. The highest BCUT2D eigenvalue weighted by molar-refractivity contribution is 5.82. The summed E-state index contributed by atoms with van der Waals surface area (Å²) in [4.78, 5) is 14.1. The predicted octanol–water partition coefficient (Wildman–Crippen LogP) is 0.570. The molecule has 0 radical (unpaired) electrons. The van der Waals surface area contributed by atoms with Crippen LogP contribution in [0, 0.1) is 5.41 Å². The van der Waals surface area contributed by atoms with Gasteiger partial charge >= 0.3 is 0 Å². The Hall–Kier alpha value is -0.610. The van der Waals surface area contributed by atoms with Crippen LogP contribution in [0.3, 0.4) is 0 Å². The zero-order chi connectivity index (χ0) is 12.3. The zero-order valence-corrected chi connectivity index (χ0v) is 10.9. The summed E-state index contributed by atoms with van der Waals surface area (Å²) in [6.07, 6.45) is 2.21. The van der Waals surface area contributed by atoms with Crippen LogP contribution in [0.15, 0.2) is 0 Å². The molecule has 1 saturated heterocycles. The smallest absolute Gasteiger partial charge is 0.240 e. The van der Waals surface area contributed by atoms with E-state index in [0.29, 0.717) is 6.04 Å². The van der Waals surface area contributed by atoms with E-state index in [1.807, 2.05) is 32.7 Å². The molecule has 3 N–H and O–H groups in total. The van der Waals surface area contributed by atoms with Gasteiger partial charge in [0.15, 0.2) is 0 Å². The Kier molecular flexibility index (Phi) is 4.33. The summed E-state index contributed by atoms with van der Waals surface area (Å²) in [6.45, 7) is 7.67. The van der Waals surface area contributed by atoms with Gasteiger partial charge < -0.3 is 16.0 Å². The Balaban J connectivity index is 2.60. The molecular formula is C12H25N3O. The van der Waals surface area contributed by atoms with Crippen LogP contribution in [0.4, 0.5) is 0 Å². The molecule has 1 heterocycles. The van der Waals surface area contributed by atoms with Gasteiger partial charge in [-0.2, -0.15) is 0 Å². The van der Waals surface area contributed by atoms with Gasteiger partial charge in [0.05, 0.1) is 6.04 Å². The van der Waals surface area contributed by atoms with Gasteiger partial charge in [-0.05, 0) is 25.3 Å². The summed E-state index contributed by atoms with van der Waals surface area (Å²) < 4.78 is 0. The van der Waals surface area contributed by atoms with E-state index < -0.39 is 6.04 Å². The minimum Gasteiger partial charge on any atom is -0.340 e. The second-order valence-electron chi connectivity index (χ2n) is 5.76. The molecule has 94 valence electrons. The lowest BCUT2D eigenvalue weighted by molar-refractivity contribution is -0.136. The number of amides is 1. The van der Waals surface area contributed by atoms with E-state index in [0.717, 1.165) is 25.9 Å². The summed E-state index contributed by atoms with van der Waals surface area (Å²) >= 11 is 0. The number of hydrogen-bond acceptors (Lipinski definition) is 3. The van der Waals surface area contributed by atoms with Crippen molar-refractivity contribution in [1.29, 1.82) is 0 Å². The summed E-state index contributed by atoms with van der Waals surface area (Å²) in [5.74, 6) is 0.0902. The standard InChI is InChI=1S/C12H25N3O/c1-12(2,3)10(13)11(16)15-7-5-6-9(8-15)14-4/h9-10,14H,5-8,13H2,1-4H3/t9?,10-/m1/s1. The van der Waals surface area contributed by atoms with E-state index in [1.165, 1.54) is 0 Å². The van der Waals surface area contributed by atoms with Crippen molar-refractivity contribution in [3.8, 4) is 0 Å². The van der Waals surface area contributed by atoms with Gasteiger partial charge in [-0.1, -0.05) is 20.8 Å². The number of likely N-dealkylation sites (N-methyl/N-ethyl adjacent to an activating group) is 1. The number of nitrogens with zero attached hydrogens (tertiary/aromatic N) is 1. The second kappa shape index (κ2) is 5.15. The molecule has 0 spiro atoms. The molecule has 1 fully saturated rings. The van der Waals surface area contributed by atoms with Crippen LogP contribution >= 0.6 is 0 Å². The normalized spacial score (nSPS) is 24.3. The average Bonchev–Trinajstić information content (AvgIpc) is 2.26. The lowest BCUT2D eigenvalue weighted by Crippen LogP contribution is -2.55. The molecule has 2 atom stereocenters. The maximum Gasteiger partial charge on any atom is 0.240 e. The second-order valence-corrected chi connectivity index (χ2v) is 5.76. The predicted molar refractivity (Wildman–Crippen MR) is 66.1 cm³/mol. The maximum atomic E-state index is 12.2. The van der Waals surface area contributed by atoms with Gasteiger partial charge in [0.25, 0.3) is 0 Å². The third kappa shape index (κ3) is 3.19. The Labute approximate surface area is 98.6 Å². The number of hydrogen-bond donors (Lipinski definition) is 2. The number of carbonyl (C=O) groups is 1. The quantitative estimate of drug-likeness (QED) is 0.725. The van der Waals surface area contributed by atoms with Crippen molar-refractivity contribution in [3.63, 3.8) is 0 Å². The summed E-state index contributed by atoms with van der Waals surface area (Å²) in [6, 6.07) is 0.0213. The Morgan fingerprint density at radius 2 is 2.12 bits per heavy atom. The number of nitrogens with two attached hydrogens (primary N) is 1. The van der Waals surface area contributed by atoms with Gasteiger partial charge in [-0.25, -0.2) is 0 Å². The highest BCUT2D eigenvalue weighted by Crippen LogP contribution is 2.20. The Morgan fingerprint density at radius 3 is 2.62 bits per heavy atom. The van der Waals surface area contributed by atoms with E-state index in [-0.39, 0.29) is 11.3 Å². The lowest BCUT2D eigenvalue weighted by atomic mass is 9.86. The molecule has 0 aromatic heterocycles. The molecule has 0 saturated carbocycles. The van der Waals surface area contributed by atoms with E-state index in [4.69, 9.17) is 5.73 Å². The molecule has 1 aliphatic heterocycles. The Bertz CT molecular complexity index is 247. The van der Waals surface area contributed by atoms with Crippen LogP contribution in [-0.2, 0) is 4.79 Å². The van der Waals surface area contributed by atoms with Crippen molar-refractivity contribution in [2.75, 3.05) is 20.1 Å². The fraction of sp³-hybridized carbons (Fsp3) is 0.917. The van der Waals surface area contributed by atoms with E-state index in [9.17, 15) is 4.79 Å². The minimum absolute atomic E-state index is 0.0902. The first kappa shape index (κ1) is 13.5. The van der Waals surface area contributed by atoms with Crippen LogP contribution in [0.2, 0.25) is 0 Å². The van der Waals surface area contributed by atoms with Gasteiger partial charge in [0.1, 0.15) is 0 Å². The fourth-order valence-corrected chi connectivity index (χ4v) is 1.98. The molecule has 1 unspecified atom stereocenters. The summed E-state index contributed by atoms with van der Waals surface area (Å²) in [5, 5.41) is 3.23. The van der Waals surface area contributed by atoms with Crippen LogP contribution in [0.5, 0.6) is 0 Å². The molecule has 0 aliphatic carbocycles. The minimum atomic E-state index is -0.400. The molecule has 16 heavy (non-hydrogen) atoms. The van der Waals surface area contributed by atoms with Crippen molar-refractivity contribution in [1.82, 2.24) is 10.2 Å². The molecular weight excluding hydrogens is 202 g/mol. The Morgan fingerprint density at radius 1 is 1.50 bits per heavy atom. The van der Waals surface area contributed by atoms with Gasteiger partial charge in [0.2, 0.25) is 5.91 Å². The van der Waals surface area contributed by atoms with Crippen molar-refractivity contribution >= 4 is 5.91 Å². The number of nitrogens with one attached hydrogen (secondary N) is 1. The first-order chi connectivity index (χ1) is 7.36. The monoisotopic (exact) mass is 227 g/mol. The molecule has 0 aromatic carbocycles. The topological polar surface area (TPSA) is 58.4 Å². The van der Waals surface area contributed by atoms with Crippen molar-refractivity contribution in [3.05, 3.63) is 0 Å². The molecule has 4 heteroatoms. The number of likely N-dealkylation sites (tertiary alicyclic amines) is 1. The molecule has 0 aromatic rings. The molecule has 1 rings (SSSR count). The summed E-state index contributed by atoms with van der Waals surface area (Å²) in [5.41, 5.74) is 5.84. The van der Waals surface area contributed by atoms with Crippen molar-refractivity contribution < 1.29 is 4.79 Å². The lowest BCUT2D eigenvalue weighted by Gasteiger charge is -2.37. The number of piperidine rings is 1. The largest absolute Gasteiger partial charge is 0.340 e. The number of carbonyl (C=O) groups excluding carboxylic acids is 1.